The summed E-state index contributed by atoms with van der Waals surface area (Å²) in [5.41, 5.74) is 7.18. The van der Waals surface area contributed by atoms with Gasteiger partial charge in [0.1, 0.15) is 12.1 Å². The molecular weight excluding hydrogens is 460 g/mol. The van der Waals surface area contributed by atoms with E-state index in [1.807, 2.05) is 0 Å². The molecule has 14 nitrogen and oxygen atoms in total. The van der Waals surface area contributed by atoms with Crippen molar-refractivity contribution in [2.24, 2.45) is 11.7 Å². The average Bonchev–Trinajstić information content (AvgIpc) is 3.48. The van der Waals surface area contributed by atoms with Crippen LogP contribution >= 0.6 is 0 Å². The van der Waals surface area contributed by atoms with Crippen molar-refractivity contribution in [2.45, 2.75) is 63.9 Å². The predicted octanol–water partition coefficient (Wildman–Crippen LogP) is -2.18. The lowest BCUT2D eigenvalue weighted by Crippen LogP contribution is -2.60. The maximum absolute atomic E-state index is 13.2. The average molecular weight is 493 g/mol. The van der Waals surface area contributed by atoms with Crippen LogP contribution in [-0.2, 0) is 32.0 Å². The molecule has 9 N–H and O–H groups in total. The largest absolute Gasteiger partial charge is 0.480 e. The van der Waals surface area contributed by atoms with Crippen LogP contribution in [0.4, 0.5) is 0 Å². The number of carbonyl (C=O) groups excluding carboxylic acids is 3. The third-order valence-electron chi connectivity index (χ3n) is 5.24. The first-order valence-electron chi connectivity index (χ1n) is 11.0. The van der Waals surface area contributed by atoms with Gasteiger partial charge in [0.05, 0.1) is 24.8 Å². The van der Waals surface area contributed by atoms with E-state index in [4.69, 9.17) is 5.73 Å². The Morgan fingerprint density at radius 2 is 1.43 bits per heavy atom. The molecule has 0 bridgehead atoms. The molecule has 0 fully saturated rings. The number of nitrogens with two attached hydrogens (primary N) is 1. The molecule has 0 aliphatic carbocycles. The number of hydrogen-bond donors (Lipinski definition) is 8. The van der Waals surface area contributed by atoms with Crippen LogP contribution in [0.25, 0.3) is 0 Å². The first-order valence-corrected chi connectivity index (χ1v) is 11.0. The van der Waals surface area contributed by atoms with Crippen LogP contribution in [0, 0.1) is 5.92 Å². The number of H-pyrrole nitrogens is 2. The lowest BCUT2D eigenvalue weighted by atomic mass is 10.0. The molecule has 0 aliphatic heterocycles. The van der Waals surface area contributed by atoms with Crippen molar-refractivity contribution in [1.29, 1.82) is 0 Å². The number of rotatable bonds is 13. The molecule has 2 aromatic heterocycles. The number of imidazole rings is 2. The van der Waals surface area contributed by atoms with Crippen molar-refractivity contribution in [1.82, 2.24) is 35.9 Å². The lowest BCUT2D eigenvalue weighted by molar-refractivity contribution is -0.145. The molecule has 35 heavy (non-hydrogen) atoms. The highest BCUT2D eigenvalue weighted by atomic mass is 16.4. The maximum Gasteiger partial charge on any atom is 0.328 e. The summed E-state index contributed by atoms with van der Waals surface area (Å²) in [6.45, 7) is 4.54. The van der Waals surface area contributed by atoms with Gasteiger partial charge in [0, 0.05) is 36.6 Å². The highest BCUT2D eigenvalue weighted by Gasteiger charge is 2.33. The number of nitrogens with one attached hydrogen (secondary N) is 5. The highest BCUT2D eigenvalue weighted by molar-refractivity contribution is 5.94. The predicted molar refractivity (Wildman–Crippen MR) is 123 cm³/mol. The molecule has 3 amide bonds. The number of carboxylic acid groups (broad SMARTS) is 1. The van der Waals surface area contributed by atoms with Gasteiger partial charge >= 0.3 is 5.97 Å². The molecule has 0 saturated carbocycles. The van der Waals surface area contributed by atoms with Gasteiger partial charge in [-0.25, -0.2) is 14.8 Å². The lowest BCUT2D eigenvalue weighted by Gasteiger charge is -2.27. The van der Waals surface area contributed by atoms with Crippen molar-refractivity contribution in [3.05, 3.63) is 36.4 Å². The monoisotopic (exact) mass is 492 g/mol. The van der Waals surface area contributed by atoms with E-state index < -0.39 is 59.9 Å². The Hall–Kier alpha value is -3.78. The highest BCUT2D eigenvalue weighted by Crippen LogP contribution is 2.07. The number of carbonyl (C=O) groups is 4. The van der Waals surface area contributed by atoms with Crippen LogP contribution in [-0.4, -0.2) is 84.1 Å². The molecule has 0 aliphatic rings. The molecule has 192 valence electrons. The smallest absolute Gasteiger partial charge is 0.328 e. The Morgan fingerprint density at radius 3 is 1.89 bits per heavy atom. The fourth-order valence-corrected chi connectivity index (χ4v) is 3.25. The fourth-order valence-electron chi connectivity index (χ4n) is 3.25. The number of aliphatic carboxylic acids is 1. The Bertz CT molecular complexity index is 976. The van der Waals surface area contributed by atoms with Crippen molar-refractivity contribution < 1.29 is 29.4 Å². The normalized spacial score (nSPS) is 15.5. The van der Waals surface area contributed by atoms with Crippen LogP contribution < -0.4 is 21.7 Å². The second-order valence-corrected chi connectivity index (χ2v) is 8.52. The topological polar surface area (TPSA) is 228 Å². The molecule has 5 unspecified atom stereocenters. The molecule has 2 rings (SSSR count). The van der Waals surface area contributed by atoms with E-state index in [-0.39, 0.29) is 12.8 Å². The van der Waals surface area contributed by atoms with E-state index in [0.717, 1.165) is 0 Å². The summed E-state index contributed by atoms with van der Waals surface area (Å²) >= 11 is 0. The molecule has 0 saturated heterocycles. The first kappa shape index (κ1) is 27.5. The van der Waals surface area contributed by atoms with Gasteiger partial charge < -0.3 is 41.9 Å². The van der Waals surface area contributed by atoms with Gasteiger partial charge in [-0.2, -0.15) is 0 Å². The molecule has 0 aromatic carbocycles. The van der Waals surface area contributed by atoms with Crippen molar-refractivity contribution in [2.75, 3.05) is 0 Å². The summed E-state index contributed by atoms with van der Waals surface area (Å²) in [5, 5.41) is 26.3. The van der Waals surface area contributed by atoms with E-state index >= 15 is 0 Å². The molecule has 5 atom stereocenters. The summed E-state index contributed by atoms with van der Waals surface area (Å²) in [7, 11) is 0. The van der Waals surface area contributed by atoms with E-state index in [9.17, 15) is 29.4 Å². The standard InChI is InChI=1S/C21H32N8O6/c1-10(2)16(20(33)29-17(11(3)30)21(34)35)28-19(32)15(5-13-7-24-9-26-13)27-18(31)14(22)4-12-6-23-8-25-12/h6-11,14-17,30H,4-5,22H2,1-3H3,(H,23,25)(H,24,26)(H,27,31)(H,28,32)(H,29,33)(H,34,35). The molecule has 2 aromatic rings. The second kappa shape index (κ2) is 12.6. The van der Waals surface area contributed by atoms with E-state index in [0.29, 0.717) is 11.4 Å². The number of aromatic amines is 2. The molecular formula is C21H32N8O6. The van der Waals surface area contributed by atoms with E-state index in [1.165, 1.54) is 32.0 Å². The van der Waals surface area contributed by atoms with Gasteiger partial charge in [-0.15, -0.1) is 0 Å². The summed E-state index contributed by atoms with van der Waals surface area (Å²) in [6.07, 6.45) is 4.74. The number of aliphatic hydroxyl groups excluding tert-OH is 1. The number of amides is 3. The third kappa shape index (κ3) is 8.19. The van der Waals surface area contributed by atoms with Crippen molar-refractivity contribution >= 4 is 23.7 Å². The van der Waals surface area contributed by atoms with Gasteiger partial charge in [-0.05, 0) is 12.8 Å². The number of nitrogens with zero attached hydrogens (tertiary/aromatic N) is 2. The number of aliphatic hydroxyl groups is 1. The van der Waals surface area contributed by atoms with Gasteiger partial charge in [0.15, 0.2) is 6.04 Å². The molecule has 0 spiro atoms. The van der Waals surface area contributed by atoms with Crippen LogP contribution in [0.3, 0.4) is 0 Å². The zero-order valence-electron chi connectivity index (χ0n) is 19.7. The number of carboxylic acids is 1. The zero-order chi connectivity index (χ0) is 26.1. The summed E-state index contributed by atoms with van der Waals surface area (Å²) in [4.78, 5) is 63.4. The van der Waals surface area contributed by atoms with Crippen LogP contribution in [0.2, 0.25) is 0 Å². The number of hydrogen-bond acceptors (Lipinski definition) is 8. The Labute approximate surface area is 201 Å². The third-order valence-corrected chi connectivity index (χ3v) is 5.24. The zero-order valence-corrected chi connectivity index (χ0v) is 19.7. The maximum atomic E-state index is 13.2. The van der Waals surface area contributed by atoms with Crippen LogP contribution in [0.1, 0.15) is 32.2 Å². The van der Waals surface area contributed by atoms with Gasteiger partial charge in [-0.3, -0.25) is 14.4 Å². The fraction of sp³-hybridized carbons (Fsp3) is 0.524. The van der Waals surface area contributed by atoms with E-state index in [2.05, 4.69) is 35.9 Å². The molecule has 0 radical (unpaired) electrons. The van der Waals surface area contributed by atoms with Gasteiger partial charge in [0.25, 0.3) is 0 Å². The summed E-state index contributed by atoms with van der Waals surface area (Å²) in [5.74, 6) is -3.92. The van der Waals surface area contributed by atoms with Crippen molar-refractivity contribution in [3.8, 4) is 0 Å². The summed E-state index contributed by atoms with van der Waals surface area (Å²) in [6, 6.07) is -4.78. The Morgan fingerprint density at radius 1 is 0.886 bits per heavy atom. The first-order chi connectivity index (χ1) is 16.5. The minimum atomic E-state index is -1.55. The summed E-state index contributed by atoms with van der Waals surface area (Å²) < 4.78 is 0. The minimum absolute atomic E-state index is 0.0339. The van der Waals surface area contributed by atoms with Gasteiger partial charge in [-0.1, -0.05) is 13.8 Å². The van der Waals surface area contributed by atoms with Gasteiger partial charge in [0.2, 0.25) is 17.7 Å². The van der Waals surface area contributed by atoms with Crippen LogP contribution in [0.15, 0.2) is 25.0 Å². The molecule has 2 heterocycles. The molecule has 14 heteroatoms. The number of aromatic nitrogens is 4. The van der Waals surface area contributed by atoms with E-state index in [1.54, 1.807) is 13.8 Å². The van der Waals surface area contributed by atoms with Crippen LogP contribution in [0.5, 0.6) is 0 Å². The minimum Gasteiger partial charge on any atom is -0.480 e. The SMILES string of the molecule is CC(C)C(NC(=O)C(Cc1cnc[nH]1)NC(=O)C(N)Cc1cnc[nH]1)C(=O)NC(C(=O)O)C(C)O. The van der Waals surface area contributed by atoms with Crippen molar-refractivity contribution in [3.63, 3.8) is 0 Å². The Kier molecular flexibility index (Phi) is 9.90. The Balaban J connectivity index is 2.14. The second-order valence-electron chi connectivity index (χ2n) is 8.52. The quantitative estimate of drug-likeness (QED) is 0.152.